The van der Waals surface area contributed by atoms with Gasteiger partial charge in [0.2, 0.25) is 5.88 Å². The summed E-state index contributed by atoms with van der Waals surface area (Å²) in [5.41, 5.74) is -0.596. The first-order valence-corrected chi connectivity index (χ1v) is 8.99. The minimum atomic E-state index is -5.26. The Hall–Kier alpha value is -2.73. The van der Waals surface area contributed by atoms with Crippen LogP contribution in [-0.2, 0) is 10.0 Å². The molecule has 3 aromatic rings. The van der Waals surface area contributed by atoms with Gasteiger partial charge in [-0.3, -0.25) is 0 Å². The van der Waals surface area contributed by atoms with Gasteiger partial charge in [0, 0.05) is 5.39 Å². The van der Waals surface area contributed by atoms with Crippen LogP contribution in [0.1, 0.15) is 0 Å². The first kappa shape index (κ1) is 19.0. The Morgan fingerprint density at radius 3 is 2.26 bits per heavy atom. The van der Waals surface area contributed by atoms with Crippen LogP contribution < -0.4 is 9.47 Å². The van der Waals surface area contributed by atoms with E-state index < -0.39 is 21.7 Å². The monoisotopic (exact) mass is 420 g/mol. The van der Waals surface area contributed by atoms with Crippen LogP contribution in [0.2, 0.25) is 5.02 Å². The van der Waals surface area contributed by atoms with Crippen LogP contribution >= 0.6 is 11.6 Å². The summed E-state index contributed by atoms with van der Waals surface area (Å²) in [6, 6.07) is 3.71. The molecular formula is C14H11ClF2N4O5S. The molecule has 0 aliphatic carbocycles. The number of hydrogen-bond donors (Lipinski definition) is 1. The number of ether oxygens (including phenoxy) is 2. The van der Waals surface area contributed by atoms with Gasteiger partial charge in [0.25, 0.3) is 0 Å². The number of benzene rings is 1. The van der Waals surface area contributed by atoms with E-state index in [9.17, 15) is 22.3 Å². The Kier molecular flexibility index (Phi) is 4.78. The molecule has 0 saturated carbocycles. The average Bonchev–Trinajstić information content (AvgIpc) is 2.94. The van der Waals surface area contributed by atoms with Gasteiger partial charge in [-0.05, 0) is 6.07 Å². The summed E-state index contributed by atoms with van der Waals surface area (Å²) in [6.07, 6.45) is 0. The highest BCUT2D eigenvalue weighted by Crippen LogP contribution is 2.42. The summed E-state index contributed by atoms with van der Waals surface area (Å²) in [7, 11) is -2.73. The van der Waals surface area contributed by atoms with Crippen molar-refractivity contribution < 1.29 is 31.8 Å². The molecule has 0 aliphatic rings. The van der Waals surface area contributed by atoms with E-state index in [4.69, 9.17) is 21.1 Å². The van der Waals surface area contributed by atoms with Gasteiger partial charge in [-0.2, -0.15) is 31.1 Å². The summed E-state index contributed by atoms with van der Waals surface area (Å²) in [4.78, 5) is 11.6. The van der Waals surface area contributed by atoms with Gasteiger partial charge < -0.3 is 14.6 Å². The predicted octanol–water partition coefficient (Wildman–Crippen LogP) is 2.27. The van der Waals surface area contributed by atoms with E-state index >= 15 is 0 Å². The van der Waals surface area contributed by atoms with Crippen molar-refractivity contribution in [2.75, 3.05) is 14.2 Å². The Labute approximate surface area is 156 Å². The van der Waals surface area contributed by atoms with E-state index in [0.29, 0.717) is 0 Å². The molecule has 0 atom stereocenters. The molecule has 3 rings (SSSR count). The first-order chi connectivity index (χ1) is 12.7. The van der Waals surface area contributed by atoms with Gasteiger partial charge >= 0.3 is 27.8 Å². The van der Waals surface area contributed by atoms with Gasteiger partial charge in [0.15, 0.2) is 5.82 Å². The molecule has 0 bridgehead atoms. The second kappa shape index (κ2) is 6.78. The lowest BCUT2D eigenvalue weighted by Gasteiger charge is -2.08. The number of alkyl halides is 2. The number of nitrogens with zero attached hydrogens (tertiary/aromatic N) is 4. The molecule has 144 valence electrons. The van der Waals surface area contributed by atoms with Crippen LogP contribution in [0.15, 0.2) is 18.2 Å². The molecule has 2 heterocycles. The molecular weight excluding hydrogens is 410 g/mol. The molecule has 1 aromatic carbocycles. The minimum Gasteiger partial charge on any atom is -0.493 e. The molecule has 0 fully saturated rings. The number of hydrogen-bond acceptors (Lipinski definition) is 8. The van der Waals surface area contributed by atoms with Crippen LogP contribution in [0.5, 0.6) is 17.9 Å². The molecule has 1 N–H and O–H groups in total. The Bertz CT molecular complexity index is 1110. The quantitative estimate of drug-likeness (QED) is 0.668. The average molecular weight is 421 g/mol. The standard InChI is InChI=1S/C14H11ClF2N4O5S/c1-25-13-18-10(19-14(20-13)26-2)8-6-4-3-5-7(15)9(6)21(11(8)22)27(23,24)12(16)17/h3-5,12,22H,1-2H3. The van der Waals surface area contributed by atoms with Crippen molar-refractivity contribution in [1.29, 1.82) is 0 Å². The lowest BCUT2D eigenvalue weighted by atomic mass is 10.1. The zero-order chi connectivity index (χ0) is 19.9. The largest absolute Gasteiger partial charge is 0.493 e. The molecule has 13 heteroatoms. The van der Waals surface area contributed by atoms with Gasteiger partial charge in [-0.25, -0.2) is 0 Å². The molecule has 0 saturated heterocycles. The normalized spacial score (nSPS) is 11.9. The fraction of sp³-hybridized carbons (Fsp3) is 0.214. The zero-order valence-corrected chi connectivity index (χ0v) is 15.3. The van der Waals surface area contributed by atoms with Crippen LogP contribution in [0, 0.1) is 0 Å². The molecule has 0 aliphatic heterocycles. The van der Waals surface area contributed by atoms with Crippen molar-refractivity contribution in [3.63, 3.8) is 0 Å². The predicted molar refractivity (Wildman–Crippen MR) is 90.9 cm³/mol. The maximum Gasteiger partial charge on any atom is 0.355 e. The third kappa shape index (κ3) is 3.00. The summed E-state index contributed by atoms with van der Waals surface area (Å²) < 4.78 is 60.4. The van der Waals surface area contributed by atoms with E-state index in [-0.39, 0.29) is 43.3 Å². The highest BCUT2D eigenvalue weighted by atomic mass is 35.5. The molecule has 9 nitrogen and oxygen atoms in total. The second-order valence-corrected chi connectivity index (χ2v) is 7.20. The van der Waals surface area contributed by atoms with E-state index in [1.165, 1.54) is 32.4 Å². The Balaban J connectivity index is 2.47. The van der Waals surface area contributed by atoms with Gasteiger partial charge in [0.05, 0.1) is 30.3 Å². The Morgan fingerprint density at radius 1 is 1.15 bits per heavy atom. The molecule has 0 spiro atoms. The fourth-order valence-electron chi connectivity index (χ4n) is 2.43. The SMILES string of the molecule is COc1nc(OC)nc(-c2c(O)n(S(=O)(=O)C(F)F)c3c(Cl)cccc23)n1. The van der Waals surface area contributed by atoms with E-state index in [0.717, 1.165) is 0 Å². The van der Waals surface area contributed by atoms with Crippen LogP contribution in [0.4, 0.5) is 8.78 Å². The van der Waals surface area contributed by atoms with Crippen molar-refractivity contribution in [3.8, 4) is 29.3 Å². The fourth-order valence-corrected chi connectivity index (χ4v) is 3.68. The van der Waals surface area contributed by atoms with Crippen molar-refractivity contribution >= 4 is 32.5 Å². The molecule has 0 unspecified atom stereocenters. The molecule has 0 amide bonds. The van der Waals surface area contributed by atoms with Crippen molar-refractivity contribution in [2.45, 2.75) is 5.76 Å². The number of halogens is 3. The van der Waals surface area contributed by atoms with Crippen LogP contribution in [-0.4, -0.2) is 52.4 Å². The van der Waals surface area contributed by atoms with E-state index in [2.05, 4.69) is 15.0 Å². The maximum absolute atomic E-state index is 13.1. The molecule has 27 heavy (non-hydrogen) atoms. The summed E-state index contributed by atoms with van der Waals surface area (Å²) in [5, 5.41) is 10.4. The van der Waals surface area contributed by atoms with Gasteiger partial charge in [-0.1, -0.05) is 23.7 Å². The summed E-state index contributed by atoms with van der Waals surface area (Å²) in [6.45, 7) is 0. The number of fused-ring (bicyclic) bond motifs is 1. The number of aromatic nitrogens is 4. The Morgan fingerprint density at radius 2 is 1.74 bits per heavy atom. The second-order valence-electron chi connectivity index (χ2n) is 5.04. The lowest BCUT2D eigenvalue weighted by Crippen LogP contribution is -2.20. The molecule has 2 aromatic heterocycles. The number of rotatable bonds is 5. The third-order valence-electron chi connectivity index (χ3n) is 3.54. The number of para-hydroxylation sites is 1. The maximum atomic E-state index is 13.1. The van der Waals surface area contributed by atoms with Crippen molar-refractivity contribution in [1.82, 2.24) is 18.9 Å². The van der Waals surface area contributed by atoms with Gasteiger partial charge in [0.1, 0.15) is 0 Å². The van der Waals surface area contributed by atoms with Crippen LogP contribution in [0.3, 0.4) is 0 Å². The van der Waals surface area contributed by atoms with Crippen molar-refractivity contribution in [2.24, 2.45) is 0 Å². The topological polar surface area (TPSA) is 116 Å². The zero-order valence-electron chi connectivity index (χ0n) is 13.7. The van der Waals surface area contributed by atoms with Crippen LogP contribution in [0.25, 0.3) is 22.3 Å². The van der Waals surface area contributed by atoms with E-state index in [1.54, 1.807) is 0 Å². The van der Waals surface area contributed by atoms with Gasteiger partial charge in [-0.15, -0.1) is 4.98 Å². The number of aromatic hydroxyl groups is 1. The first-order valence-electron chi connectivity index (χ1n) is 7.11. The minimum absolute atomic E-state index is 0.0273. The summed E-state index contributed by atoms with van der Waals surface area (Å²) >= 11 is 6.02. The lowest BCUT2D eigenvalue weighted by molar-refractivity contribution is 0.232. The highest BCUT2D eigenvalue weighted by Gasteiger charge is 2.35. The number of methoxy groups -OCH3 is 2. The molecule has 0 radical (unpaired) electrons. The van der Waals surface area contributed by atoms with E-state index in [1.807, 2.05) is 0 Å². The summed E-state index contributed by atoms with van der Waals surface area (Å²) in [5.74, 6) is -5.09. The van der Waals surface area contributed by atoms with Crippen molar-refractivity contribution in [3.05, 3.63) is 23.2 Å². The smallest absolute Gasteiger partial charge is 0.355 e. The third-order valence-corrected chi connectivity index (χ3v) is 5.16. The highest BCUT2D eigenvalue weighted by molar-refractivity contribution is 7.90.